The van der Waals surface area contributed by atoms with Gasteiger partial charge in [-0.1, -0.05) is 17.9 Å². The Morgan fingerprint density at radius 3 is 2.91 bits per heavy atom. The van der Waals surface area contributed by atoms with Gasteiger partial charge in [-0.15, -0.1) is 0 Å². The predicted octanol–water partition coefficient (Wildman–Crippen LogP) is 3.88. The molecule has 2 bridgehead atoms. The Bertz CT molecular complexity index is 1470. The van der Waals surface area contributed by atoms with Gasteiger partial charge in [-0.05, 0) is 43.2 Å². The maximum Gasteiger partial charge on any atom is 0.387 e. The molecule has 1 fully saturated rings. The van der Waals surface area contributed by atoms with Crippen molar-refractivity contribution in [3.63, 3.8) is 0 Å². The van der Waals surface area contributed by atoms with E-state index in [1.165, 1.54) is 18.2 Å². The first-order valence-corrected chi connectivity index (χ1v) is 10.7. The van der Waals surface area contributed by atoms with Gasteiger partial charge in [-0.25, -0.2) is 4.98 Å². The van der Waals surface area contributed by atoms with Gasteiger partial charge in [-0.2, -0.15) is 8.78 Å². The molecule has 2 aromatic carbocycles. The molecule has 33 heavy (non-hydrogen) atoms. The molecule has 0 saturated heterocycles. The summed E-state index contributed by atoms with van der Waals surface area (Å²) in [5, 5.41) is 9.56. The molecule has 1 aliphatic carbocycles. The molecule has 6 nitrogen and oxygen atoms in total. The topological polar surface area (TPSA) is 67.6 Å². The lowest BCUT2D eigenvalue weighted by atomic mass is 9.97. The van der Waals surface area contributed by atoms with Gasteiger partial charge in [0, 0.05) is 34.2 Å². The van der Waals surface area contributed by atoms with E-state index in [2.05, 4.69) is 16.8 Å². The zero-order valence-electron chi connectivity index (χ0n) is 20.4. The minimum atomic E-state index is -3.12. The number of imidazole rings is 1. The van der Waals surface area contributed by atoms with Crippen molar-refractivity contribution in [2.24, 2.45) is 5.41 Å². The second kappa shape index (κ2) is 7.03. The number of rotatable bonds is 3. The van der Waals surface area contributed by atoms with Crippen molar-refractivity contribution < 1.29 is 27.5 Å². The minimum absolute atomic E-state index is 0.00321. The summed E-state index contributed by atoms with van der Waals surface area (Å²) in [5.74, 6) is 5.67. The molecule has 6 rings (SSSR count). The number of carbonyl (C=O) groups excluding carboxylic acids is 1. The van der Waals surface area contributed by atoms with E-state index < -0.39 is 31.6 Å². The van der Waals surface area contributed by atoms with Crippen molar-refractivity contribution in [1.29, 1.82) is 0 Å². The molecule has 3 aliphatic rings. The standard InChI is InChI=1S/C25H21F2N3O3/c1-29-19-12-18(21-15(23(29)32)3-2-4-20(21)33-24(26)27)30-17-11-14(5-6-16(17)28-22(19)30)7-8-25(13-31)9-10-25/h2-6,11,18-19,24,31H,9-10,12-13H2,1H3/t18-,19-/m1/s1/i1D3. The molecule has 1 aromatic heterocycles. The third kappa shape index (κ3) is 3.03. The molecule has 1 N–H and O–H groups in total. The Balaban J connectivity index is 1.57. The van der Waals surface area contributed by atoms with E-state index in [4.69, 9.17) is 8.85 Å². The zero-order valence-corrected chi connectivity index (χ0v) is 17.4. The summed E-state index contributed by atoms with van der Waals surface area (Å²) in [6.07, 6.45) is 1.84. The lowest BCUT2D eigenvalue weighted by Crippen LogP contribution is -2.30. The molecular formula is C25H21F2N3O3. The second-order valence-electron chi connectivity index (χ2n) is 8.77. The lowest BCUT2D eigenvalue weighted by molar-refractivity contribution is -0.0507. The number of aliphatic hydroxyl groups excluding tert-OH is 1. The van der Waals surface area contributed by atoms with Gasteiger partial charge in [0.25, 0.3) is 5.91 Å². The van der Waals surface area contributed by atoms with Gasteiger partial charge in [-0.3, -0.25) is 4.79 Å². The van der Waals surface area contributed by atoms with Crippen LogP contribution < -0.4 is 4.74 Å². The summed E-state index contributed by atoms with van der Waals surface area (Å²) in [6.45, 7) is -5.90. The van der Waals surface area contributed by atoms with Crippen molar-refractivity contribution in [2.45, 2.75) is 38.0 Å². The fourth-order valence-corrected chi connectivity index (χ4v) is 4.86. The van der Waals surface area contributed by atoms with Crippen LogP contribution in [0.5, 0.6) is 5.75 Å². The Kier molecular flexibility index (Phi) is 3.64. The maximum absolute atomic E-state index is 13.5. The van der Waals surface area contributed by atoms with E-state index in [1.54, 1.807) is 12.1 Å². The maximum atomic E-state index is 13.5. The van der Waals surface area contributed by atoms with E-state index in [0.717, 1.165) is 17.7 Å². The molecular weight excluding hydrogens is 428 g/mol. The van der Waals surface area contributed by atoms with E-state index in [-0.39, 0.29) is 35.3 Å². The summed E-state index contributed by atoms with van der Waals surface area (Å²) in [4.78, 5) is 18.9. The highest BCUT2D eigenvalue weighted by atomic mass is 19.3. The quantitative estimate of drug-likeness (QED) is 0.613. The van der Waals surface area contributed by atoms with Gasteiger partial charge in [0.2, 0.25) is 0 Å². The van der Waals surface area contributed by atoms with Gasteiger partial charge >= 0.3 is 6.61 Å². The van der Waals surface area contributed by atoms with E-state index in [9.17, 15) is 18.7 Å². The van der Waals surface area contributed by atoms with Gasteiger partial charge in [0.15, 0.2) is 0 Å². The Hall–Kier alpha value is -3.44. The molecule has 2 aliphatic heterocycles. The van der Waals surface area contributed by atoms with E-state index in [1.807, 2.05) is 10.6 Å². The number of carbonyl (C=O) groups is 1. The van der Waals surface area contributed by atoms with Crippen LogP contribution in [-0.4, -0.2) is 45.7 Å². The van der Waals surface area contributed by atoms with Crippen LogP contribution in [0, 0.1) is 17.3 Å². The van der Waals surface area contributed by atoms with Crippen molar-refractivity contribution in [3.05, 3.63) is 58.9 Å². The Morgan fingerprint density at radius 2 is 2.18 bits per heavy atom. The lowest BCUT2D eigenvalue weighted by Gasteiger charge is -2.24. The number of amides is 1. The van der Waals surface area contributed by atoms with Crippen molar-refractivity contribution >= 4 is 16.9 Å². The fourth-order valence-electron chi connectivity index (χ4n) is 4.86. The number of aromatic nitrogens is 2. The first kappa shape index (κ1) is 17.1. The van der Waals surface area contributed by atoms with Crippen LogP contribution >= 0.6 is 0 Å². The summed E-state index contributed by atoms with van der Waals surface area (Å²) < 4.78 is 57.4. The van der Waals surface area contributed by atoms with Gasteiger partial charge in [0.1, 0.15) is 11.6 Å². The smallest absolute Gasteiger partial charge is 0.387 e. The summed E-state index contributed by atoms with van der Waals surface area (Å²) in [7, 11) is 0. The molecule has 2 atom stereocenters. The van der Waals surface area contributed by atoms with Gasteiger partial charge in [0.05, 0.1) is 35.1 Å². The highest BCUT2D eigenvalue weighted by Gasteiger charge is 2.45. The molecule has 8 heteroatoms. The third-order valence-electron chi connectivity index (χ3n) is 6.78. The van der Waals surface area contributed by atoms with E-state index >= 15 is 0 Å². The highest BCUT2D eigenvalue weighted by Crippen LogP contribution is 2.50. The van der Waals surface area contributed by atoms with Crippen LogP contribution in [0.2, 0.25) is 0 Å². The number of nitrogens with zero attached hydrogens (tertiary/aromatic N) is 3. The molecule has 0 radical (unpaired) electrons. The molecule has 0 unspecified atom stereocenters. The molecule has 3 aromatic rings. The highest BCUT2D eigenvalue weighted by molar-refractivity contribution is 5.97. The number of halogens is 2. The fraction of sp³-hybridized carbons (Fsp3) is 0.360. The minimum Gasteiger partial charge on any atom is -0.434 e. The first-order valence-electron chi connectivity index (χ1n) is 12.2. The summed E-state index contributed by atoms with van der Waals surface area (Å²) in [5.41, 5.74) is 1.78. The summed E-state index contributed by atoms with van der Waals surface area (Å²) in [6, 6.07) is 8.05. The monoisotopic (exact) mass is 452 g/mol. The van der Waals surface area contributed by atoms with Gasteiger partial charge < -0.3 is 19.3 Å². The number of benzene rings is 2. The van der Waals surface area contributed by atoms with Crippen molar-refractivity contribution in [3.8, 4) is 17.6 Å². The van der Waals surface area contributed by atoms with Crippen LogP contribution in [-0.2, 0) is 0 Å². The Morgan fingerprint density at radius 1 is 1.33 bits per heavy atom. The SMILES string of the molecule is [2H]C([2H])([2H])N1C(=O)c2cccc(OC(F)F)c2[C@H]2C[C@@H]1c1nc3ccc(C#CC4(CO)CC4)cc3n12. The van der Waals surface area contributed by atoms with Crippen molar-refractivity contribution in [2.75, 3.05) is 13.6 Å². The molecule has 0 spiro atoms. The molecule has 168 valence electrons. The molecule has 3 heterocycles. The van der Waals surface area contributed by atoms with E-state index in [0.29, 0.717) is 22.4 Å². The first-order chi connectivity index (χ1) is 17.1. The van der Waals surface area contributed by atoms with Crippen LogP contribution in [0.4, 0.5) is 8.78 Å². The number of fused-ring (bicyclic) bond motifs is 9. The molecule has 1 saturated carbocycles. The number of aliphatic hydroxyl groups is 1. The number of hydrogen-bond acceptors (Lipinski definition) is 4. The number of ether oxygens (including phenoxy) is 1. The van der Waals surface area contributed by atoms with Crippen LogP contribution in [0.25, 0.3) is 11.0 Å². The zero-order chi connectivity index (χ0) is 25.4. The third-order valence-corrected chi connectivity index (χ3v) is 6.78. The number of alkyl halides is 2. The average Bonchev–Trinajstić information content (AvgIpc) is 3.42. The van der Waals surface area contributed by atoms with Crippen LogP contribution in [0.3, 0.4) is 0 Å². The predicted molar refractivity (Wildman–Crippen MR) is 116 cm³/mol. The number of hydrogen-bond donors (Lipinski definition) is 1. The summed E-state index contributed by atoms with van der Waals surface area (Å²) >= 11 is 0. The second-order valence-corrected chi connectivity index (χ2v) is 8.77. The van der Waals surface area contributed by atoms with Crippen molar-refractivity contribution in [1.82, 2.24) is 14.5 Å². The molecule has 1 amide bonds. The van der Waals surface area contributed by atoms with Crippen LogP contribution in [0.1, 0.15) is 62.8 Å². The normalized spacial score (nSPS) is 23.7. The average molecular weight is 452 g/mol. The largest absolute Gasteiger partial charge is 0.434 e. The Labute approximate surface area is 193 Å². The van der Waals surface area contributed by atoms with Crippen LogP contribution in [0.15, 0.2) is 36.4 Å².